The van der Waals surface area contributed by atoms with Gasteiger partial charge in [-0.05, 0) is 46.5 Å². The quantitative estimate of drug-likeness (QED) is 0.208. The van der Waals surface area contributed by atoms with E-state index < -0.39 is 8.25 Å². The van der Waals surface area contributed by atoms with E-state index in [0.717, 1.165) is 33.8 Å². The lowest BCUT2D eigenvalue weighted by Crippen LogP contribution is -1.96. The van der Waals surface area contributed by atoms with Crippen molar-refractivity contribution < 1.29 is 23.1 Å². The molecule has 0 saturated carbocycles. The third-order valence-electron chi connectivity index (χ3n) is 5.06. The van der Waals surface area contributed by atoms with Crippen molar-refractivity contribution in [3.63, 3.8) is 0 Å². The largest absolute Gasteiger partial charge is 0.489 e. The van der Waals surface area contributed by atoms with Gasteiger partial charge < -0.3 is 18.5 Å². The standard InChI is InChI=1S/C28H27O5P/c29-34(32-21-25-11-15-27(16-12-25)30-19-23-7-3-1-4-8-23)33-22-26-13-17-28(18-14-26)31-20-24-9-5-2-6-10-24/h1-18,34H,19-22H2. The van der Waals surface area contributed by atoms with Crippen LogP contribution in [0.25, 0.3) is 0 Å². The van der Waals surface area contributed by atoms with Gasteiger partial charge in [0.1, 0.15) is 24.7 Å². The zero-order valence-electron chi connectivity index (χ0n) is 18.8. The third kappa shape index (κ3) is 7.89. The van der Waals surface area contributed by atoms with Gasteiger partial charge in [0.15, 0.2) is 0 Å². The van der Waals surface area contributed by atoms with Gasteiger partial charge in [-0.25, -0.2) is 0 Å². The van der Waals surface area contributed by atoms with Crippen molar-refractivity contribution >= 4 is 8.25 Å². The topological polar surface area (TPSA) is 54.0 Å². The Morgan fingerprint density at radius 3 is 1.18 bits per heavy atom. The molecule has 0 bridgehead atoms. The molecule has 4 aromatic rings. The van der Waals surface area contributed by atoms with Gasteiger partial charge in [-0.1, -0.05) is 84.9 Å². The third-order valence-corrected chi connectivity index (χ3v) is 5.82. The predicted molar refractivity (Wildman–Crippen MR) is 133 cm³/mol. The summed E-state index contributed by atoms with van der Waals surface area (Å²) in [6.07, 6.45) is 0. The second-order valence-electron chi connectivity index (χ2n) is 7.66. The minimum absolute atomic E-state index is 0.211. The highest BCUT2D eigenvalue weighted by Crippen LogP contribution is 2.28. The Morgan fingerprint density at radius 2 is 0.794 bits per heavy atom. The van der Waals surface area contributed by atoms with E-state index in [9.17, 15) is 4.57 Å². The second kappa shape index (κ2) is 12.8. The van der Waals surface area contributed by atoms with E-state index in [-0.39, 0.29) is 13.2 Å². The lowest BCUT2D eigenvalue weighted by Gasteiger charge is -2.09. The molecule has 6 heteroatoms. The van der Waals surface area contributed by atoms with Gasteiger partial charge in [0.05, 0.1) is 13.2 Å². The van der Waals surface area contributed by atoms with E-state index >= 15 is 0 Å². The number of benzene rings is 4. The number of hydrogen-bond donors (Lipinski definition) is 0. The Morgan fingerprint density at radius 1 is 0.441 bits per heavy atom. The molecule has 0 spiro atoms. The Kier molecular flexibility index (Phi) is 8.92. The first-order valence-electron chi connectivity index (χ1n) is 11.1. The first-order chi connectivity index (χ1) is 16.7. The molecular formula is C28H27O5P. The summed E-state index contributed by atoms with van der Waals surface area (Å²) in [6.45, 7) is 1.45. The number of rotatable bonds is 12. The van der Waals surface area contributed by atoms with Crippen LogP contribution in [0.15, 0.2) is 109 Å². The van der Waals surface area contributed by atoms with Crippen LogP contribution in [0.1, 0.15) is 22.3 Å². The molecule has 4 aromatic carbocycles. The van der Waals surface area contributed by atoms with Crippen LogP contribution in [0.3, 0.4) is 0 Å². The zero-order valence-corrected chi connectivity index (χ0v) is 19.8. The Hall–Kier alpha value is -3.37. The van der Waals surface area contributed by atoms with Crippen molar-refractivity contribution in [2.75, 3.05) is 0 Å². The van der Waals surface area contributed by atoms with Crippen LogP contribution in [0.5, 0.6) is 11.5 Å². The summed E-state index contributed by atoms with van der Waals surface area (Å²) in [7, 11) is -2.61. The van der Waals surface area contributed by atoms with Crippen LogP contribution < -0.4 is 9.47 Å². The molecule has 0 aliphatic heterocycles. The Balaban J connectivity index is 1.15. The molecular weight excluding hydrogens is 447 g/mol. The van der Waals surface area contributed by atoms with Crippen molar-refractivity contribution in [2.45, 2.75) is 26.4 Å². The fourth-order valence-electron chi connectivity index (χ4n) is 3.17. The van der Waals surface area contributed by atoms with Gasteiger partial charge in [-0.15, -0.1) is 0 Å². The first kappa shape index (κ1) is 23.8. The normalized spacial score (nSPS) is 10.9. The van der Waals surface area contributed by atoms with Gasteiger partial charge in [0, 0.05) is 0 Å². The minimum atomic E-state index is -2.61. The number of hydrogen-bond acceptors (Lipinski definition) is 5. The molecule has 5 nitrogen and oxygen atoms in total. The van der Waals surface area contributed by atoms with Crippen LogP contribution in [0.2, 0.25) is 0 Å². The highest BCUT2D eigenvalue weighted by Gasteiger charge is 2.04. The molecule has 174 valence electrons. The monoisotopic (exact) mass is 474 g/mol. The fourth-order valence-corrected chi connectivity index (χ4v) is 3.82. The highest BCUT2D eigenvalue weighted by molar-refractivity contribution is 7.33. The van der Waals surface area contributed by atoms with Gasteiger partial charge in [-0.3, -0.25) is 4.57 Å². The van der Waals surface area contributed by atoms with E-state index in [4.69, 9.17) is 18.5 Å². The van der Waals surface area contributed by atoms with Gasteiger partial charge in [0.25, 0.3) is 0 Å². The van der Waals surface area contributed by atoms with Crippen molar-refractivity contribution in [3.05, 3.63) is 131 Å². The molecule has 0 aliphatic rings. The summed E-state index contributed by atoms with van der Waals surface area (Å²) >= 11 is 0. The van der Waals surface area contributed by atoms with Gasteiger partial charge in [0.2, 0.25) is 0 Å². The highest BCUT2D eigenvalue weighted by atomic mass is 31.1. The molecule has 0 fully saturated rings. The first-order valence-corrected chi connectivity index (χ1v) is 12.3. The molecule has 0 saturated heterocycles. The number of ether oxygens (including phenoxy) is 2. The van der Waals surface area contributed by atoms with E-state index in [0.29, 0.717) is 13.2 Å². The van der Waals surface area contributed by atoms with E-state index in [1.165, 1.54) is 0 Å². The average Bonchev–Trinajstić information content (AvgIpc) is 2.91. The molecule has 0 N–H and O–H groups in total. The van der Waals surface area contributed by atoms with E-state index in [2.05, 4.69) is 0 Å². The van der Waals surface area contributed by atoms with Crippen LogP contribution in [-0.4, -0.2) is 0 Å². The maximum Gasteiger partial charge on any atom is 0.319 e. The molecule has 0 amide bonds. The molecule has 4 rings (SSSR count). The average molecular weight is 474 g/mol. The molecule has 0 aromatic heterocycles. The smallest absolute Gasteiger partial charge is 0.319 e. The van der Waals surface area contributed by atoms with Gasteiger partial charge >= 0.3 is 8.25 Å². The summed E-state index contributed by atoms with van der Waals surface area (Å²) in [6, 6.07) is 35.1. The fraction of sp³-hybridized carbons (Fsp3) is 0.143. The maximum absolute atomic E-state index is 12.1. The summed E-state index contributed by atoms with van der Waals surface area (Å²) in [5.41, 5.74) is 4.02. The van der Waals surface area contributed by atoms with Crippen LogP contribution in [-0.2, 0) is 40.0 Å². The van der Waals surface area contributed by atoms with E-state index in [1.807, 2.05) is 109 Å². The molecule has 0 aliphatic carbocycles. The van der Waals surface area contributed by atoms with Crippen molar-refractivity contribution in [2.24, 2.45) is 0 Å². The SMILES string of the molecule is O=[PH](OCc1ccc(OCc2ccccc2)cc1)OCc1ccc(OCc2ccccc2)cc1. The molecule has 0 unspecified atom stereocenters. The van der Waals surface area contributed by atoms with Crippen molar-refractivity contribution in [1.29, 1.82) is 0 Å². The van der Waals surface area contributed by atoms with Crippen molar-refractivity contribution in [1.82, 2.24) is 0 Å². The predicted octanol–water partition coefficient (Wildman–Crippen LogP) is 6.97. The van der Waals surface area contributed by atoms with Crippen LogP contribution >= 0.6 is 8.25 Å². The summed E-state index contributed by atoms with van der Waals surface area (Å²) < 4.78 is 34.5. The lowest BCUT2D eigenvalue weighted by atomic mass is 10.2. The van der Waals surface area contributed by atoms with Gasteiger partial charge in [-0.2, -0.15) is 0 Å². The summed E-state index contributed by atoms with van der Waals surface area (Å²) in [5, 5.41) is 0. The molecule has 0 heterocycles. The molecule has 34 heavy (non-hydrogen) atoms. The minimum Gasteiger partial charge on any atom is -0.489 e. The van der Waals surface area contributed by atoms with E-state index in [1.54, 1.807) is 0 Å². The van der Waals surface area contributed by atoms with Crippen molar-refractivity contribution in [3.8, 4) is 11.5 Å². The summed E-state index contributed by atoms with van der Waals surface area (Å²) in [5.74, 6) is 1.54. The lowest BCUT2D eigenvalue weighted by molar-refractivity contribution is 0.212. The Bertz CT molecular complexity index is 1050. The summed E-state index contributed by atoms with van der Waals surface area (Å²) in [4.78, 5) is 0. The molecule has 0 radical (unpaired) electrons. The van der Waals surface area contributed by atoms with Crippen LogP contribution in [0.4, 0.5) is 0 Å². The van der Waals surface area contributed by atoms with Crippen LogP contribution in [0, 0.1) is 0 Å². The second-order valence-corrected chi connectivity index (χ2v) is 8.74. The Labute approximate surface area is 200 Å². The zero-order chi connectivity index (χ0) is 23.4. The maximum atomic E-state index is 12.1. The molecule has 0 atom stereocenters.